The minimum atomic E-state index is 0.837. The predicted molar refractivity (Wildman–Crippen MR) is 78.9 cm³/mol. The number of furan rings is 1. The van der Waals surface area contributed by atoms with E-state index in [1.807, 2.05) is 12.1 Å². The van der Waals surface area contributed by atoms with Gasteiger partial charge in [0.1, 0.15) is 5.75 Å². The third-order valence-electron chi connectivity index (χ3n) is 3.42. The molecule has 104 valence electrons. The topological polar surface area (TPSA) is 39.3 Å². The van der Waals surface area contributed by atoms with Crippen molar-refractivity contribution in [1.29, 1.82) is 0 Å². The number of rotatable bonds is 6. The number of benzene rings is 1. The molecule has 0 amide bonds. The lowest BCUT2D eigenvalue weighted by molar-refractivity contribution is 0.415. The van der Waals surface area contributed by atoms with Gasteiger partial charge in [0.2, 0.25) is 0 Å². The van der Waals surface area contributed by atoms with Crippen LogP contribution in [0, 0.1) is 0 Å². The van der Waals surface area contributed by atoms with E-state index in [1.165, 1.54) is 16.5 Å². The van der Waals surface area contributed by atoms with Crippen molar-refractivity contribution in [2.24, 2.45) is 0 Å². The average molecular weight is 270 g/mol. The molecule has 0 aliphatic rings. The van der Waals surface area contributed by atoms with E-state index in [0.29, 0.717) is 0 Å². The smallest absolute Gasteiger partial charge is 0.119 e. The number of ether oxygens (including phenoxy) is 1. The van der Waals surface area contributed by atoms with Crippen LogP contribution in [0.1, 0.15) is 5.56 Å². The molecule has 0 spiro atoms. The lowest BCUT2D eigenvalue weighted by atomic mass is 10.2. The summed E-state index contributed by atoms with van der Waals surface area (Å²) in [6.07, 6.45) is 5.58. The van der Waals surface area contributed by atoms with Gasteiger partial charge in [0, 0.05) is 42.3 Å². The van der Waals surface area contributed by atoms with Gasteiger partial charge in [-0.25, -0.2) is 0 Å². The van der Waals surface area contributed by atoms with Gasteiger partial charge in [0.25, 0.3) is 0 Å². The summed E-state index contributed by atoms with van der Waals surface area (Å²) in [5.41, 5.74) is 2.41. The molecule has 0 atom stereocenters. The molecule has 0 aliphatic heterocycles. The molecular formula is C16H18N2O2. The van der Waals surface area contributed by atoms with Gasteiger partial charge in [-0.05, 0) is 30.3 Å². The van der Waals surface area contributed by atoms with Gasteiger partial charge in [0.15, 0.2) is 0 Å². The second-order valence-electron chi connectivity index (χ2n) is 4.74. The molecule has 0 unspecified atom stereocenters. The van der Waals surface area contributed by atoms with Gasteiger partial charge < -0.3 is 19.0 Å². The highest BCUT2D eigenvalue weighted by Crippen LogP contribution is 2.21. The summed E-state index contributed by atoms with van der Waals surface area (Å²) in [6.45, 7) is 2.69. The highest BCUT2D eigenvalue weighted by Gasteiger charge is 2.02. The molecule has 0 radical (unpaired) electrons. The molecule has 20 heavy (non-hydrogen) atoms. The fourth-order valence-corrected chi connectivity index (χ4v) is 2.33. The number of hydrogen-bond acceptors (Lipinski definition) is 3. The zero-order chi connectivity index (χ0) is 13.8. The first-order valence-electron chi connectivity index (χ1n) is 6.71. The number of methoxy groups -OCH3 is 1. The molecule has 2 aromatic heterocycles. The number of aromatic nitrogens is 1. The molecule has 3 aromatic rings. The minimum Gasteiger partial charge on any atom is -0.497 e. The minimum absolute atomic E-state index is 0.837. The average Bonchev–Trinajstić information content (AvgIpc) is 3.12. The van der Waals surface area contributed by atoms with Gasteiger partial charge in [-0.15, -0.1) is 0 Å². The Morgan fingerprint density at radius 1 is 1.25 bits per heavy atom. The number of hydrogen-bond donors (Lipinski definition) is 1. The highest BCUT2D eigenvalue weighted by molar-refractivity contribution is 5.81. The van der Waals surface area contributed by atoms with Crippen LogP contribution in [-0.2, 0) is 13.1 Å². The predicted octanol–water partition coefficient (Wildman–Crippen LogP) is 3.03. The van der Waals surface area contributed by atoms with Crippen LogP contribution in [0.25, 0.3) is 10.9 Å². The van der Waals surface area contributed by atoms with E-state index >= 15 is 0 Å². The standard InChI is InChI=1S/C16H18N2O2/c1-19-15-2-3-16-14(10-15)4-7-18(16)8-6-17-11-13-5-9-20-12-13/h2-5,7,9-10,12,17H,6,8,11H2,1H3. The van der Waals surface area contributed by atoms with Crippen molar-refractivity contribution in [2.75, 3.05) is 13.7 Å². The Kier molecular flexibility index (Phi) is 3.74. The first-order chi connectivity index (χ1) is 9.86. The largest absolute Gasteiger partial charge is 0.497 e. The van der Waals surface area contributed by atoms with Crippen molar-refractivity contribution < 1.29 is 9.15 Å². The van der Waals surface area contributed by atoms with Crippen LogP contribution in [0.2, 0.25) is 0 Å². The fourth-order valence-electron chi connectivity index (χ4n) is 2.33. The lowest BCUT2D eigenvalue weighted by Crippen LogP contribution is -2.18. The molecule has 0 saturated heterocycles. The van der Waals surface area contributed by atoms with Crippen molar-refractivity contribution in [1.82, 2.24) is 9.88 Å². The quantitative estimate of drug-likeness (QED) is 0.700. The molecule has 1 aromatic carbocycles. The summed E-state index contributed by atoms with van der Waals surface area (Å²) in [7, 11) is 1.69. The fraction of sp³-hybridized carbons (Fsp3) is 0.250. The van der Waals surface area contributed by atoms with E-state index in [1.54, 1.807) is 19.6 Å². The second kappa shape index (κ2) is 5.84. The van der Waals surface area contributed by atoms with Gasteiger partial charge in [-0.1, -0.05) is 0 Å². The van der Waals surface area contributed by atoms with Crippen LogP contribution in [-0.4, -0.2) is 18.2 Å². The maximum Gasteiger partial charge on any atom is 0.119 e. The molecule has 0 fully saturated rings. The maximum atomic E-state index is 5.24. The van der Waals surface area contributed by atoms with Crippen LogP contribution in [0.3, 0.4) is 0 Å². The van der Waals surface area contributed by atoms with Gasteiger partial charge in [0.05, 0.1) is 19.6 Å². The first-order valence-corrected chi connectivity index (χ1v) is 6.71. The zero-order valence-corrected chi connectivity index (χ0v) is 11.5. The summed E-state index contributed by atoms with van der Waals surface area (Å²) >= 11 is 0. The molecule has 0 aliphatic carbocycles. The van der Waals surface area contributed by atoms with E-state index in [9.17, 15) is 0 Å². The molecule has 4 heteroatoms. The van der Waals surface area contributed by atoms with E-state index in [2.05, 4.69) is 34.3 Å². The summed E-state index contributed by atoms with van der Waals surface area (Å²) in [6, 6.07) is 10.3. The third-order valence-corrected chi connectivity index (χ3v) is 3.42. The first kappa shape index (κ1) is 12.8. The Balaban J connectivity index is 1.60. The molecule has 1 N–H and O–H groups in total. The van der Waals surface area contributed by atoms with Gasteiger partial charge >= 0.3 is 0 Å². The van der Waals surface area contributed by atoms with Crippen molar-refractivity contribution in [3.63, 3.8) is 0 Å². The van der Waals surface area contributed by atoms with Crippen LogP contribution >= 0.6 is 0 Å². The molecule has 4 nitrogen and oxygen atoms in total. The van der Waals surface area contributed by atoms with Crippen molar-refractivity contribution in [2.45, 2.75) is 13.1 Å². The Morgan fingerprint density at radius 3 is 3.00 bits per heavy atom. The Bertz CT molecular complexity index is 671. The SMILES string of the molecule is COc1ccc2c(ccn2CCNCc2ccoc2)c1. The summed E-state index contributed by atoms with van der Waals surface area (Å²) < 4.78 is 12.5. The Labute approximate surface area is 118 Å². The van der Waals surface area contributed by atoms with E-state index in [-0.39, 0.29) is 0 Å². The normalized spacial score (nSPS) is 11.1. The van der Waals surface area contributed by atoms with Crippen molar-refractivity contribution in [3.05, 3.63) is 54.6 Å². The van der Waals surface area contributed by atoms with Crippen LogP contribution in [0.4, 0.5) is 0 Å². The zero-order valence-electron chi connectivity index (χ0n) is 11.5. The number of nitrogens with one attached hydrogen (secondary N) is 1. The van der Waals surface area contributed by atoms with E-state index in [4.69, 9.17) is 9.15 Å². The monoisotopic (exact) mass is 270 g/mol. The van der Waals surface area contributed by atoms with Crippen molar-refractivity contribution in [3.8, 4) is 5.75 Å². The molecule has 0 saturated carbocycles. The third kappa shape index (κ3) is 2.70. The van der Waals surface area contributed by atoms with Crippen LogP contribution in [0.15, 0.2) is 53.5 Å². The maximum absolute atomic E-state index is 5.24. The summed E-state index contributed by atoms with van der Waals surface area (Å²) in [5, 5.41) is 4.62. The molecule has 2 heterocycles. The van der Waals surface area contributed by atoms with Gasteiger partial charge in [-0.2, -0.15) is 0 Å². The molecule has 0 bridgehead atoms. The van der Waals surface area contributed by atoms with Gasteiger partial charge in [-0.3, -0.25) is 0 Å². The number of fused-ring (bicyclic) bond motifs is 1. The summed E-state index contributed by atoms with van der Waals surface area (Å²) in [5.74, 6) is 0.897. The van der Waals surface area contributed by atoms with Crippen LogP contribution in [0.5, 0.6) is 5.75 Å². The van der Waals surface area contributed by atoms with E-state index < -0.39 is 0 Å². The van der Waals surface area contributed by atoms with E-state index in [0.717, 1.165) is 25.4 Å². The van der Waals surface area contributed by atoms with Crippen LogP contribution < -0.4 is 10.1 Å². The second-order valence-corrected chi connectivity index (χ2v) is 4.74. The molecule has 3 rings (SSSR count). The lowest BCUT2D eigenvalue weighted by Gasteiger charge is -2.07. The van der Waals surface area contributed by atoms with Crippen molar-refractivity contribution >= 4 is 10.9 Å². The Hall–Kier alpha value is -2.20. The Morgan fingerprint density at radius 2 is 2.20 bits per heavy atom. The summed E-state index contributed by atoms with van der Waals surface area (Å²) in [4.78, 5) is 0. The number of nitrogens with zero attached hydrogens (tertiary/aromatic N) is 1. The molecular weight excluding hydrogens is 252 g/mol. The highest BCUT2D eigenvalue weighted by atomic mass is 16.5.